The Hall–Kier alpha value is -4.26. The number of anilines is 1. The van der Waals surface area contributed by atoms with Gasteiger partial charge in [-0.05, 0) is 72.1 Å². The number of Topliss-reactive ketones (excluding diaryl/α,β-unsaturated/α-hetero) is 1. The molecule has 0 radical (unpaired) electrons. The van der Waals surface area contributed by atoms with Crippen LogP contribution in [0, 0.1) is 0 Å². The lowest BCUT2D eigenvalue weighted by atomic mass is 9.94. The topological polar surface area (TPSA) is 85.3 Å². The first-order valence-electron chi connectivity index (χ1n) is 12.0. The van der Waals surface area contributed by atoms with Crippen LogP contribution in [-0.4, -0.2) is 37.1 Å². The summed E-state index contributed by atoms with van der Waals surface area (Å²) in [4.78, 5) is 28.1. The molecule has 184 valence electrons. The van der Waals surface area contributed by atoms with Gasteiger partial charge in [0.2, 0.25) is 0 Å². The van der Waals surface area contributed by atoms with E-state index in [-0.39, 0.29) is 11.3 Å². The molecule has 0 saturated carbocycles. The Morgan fingerprint density at radius 3 is 2.44 bits per heavy atom. The van der Waals surface area contributed by atoms with Crippen molar-refractivity contribution in [2.75, 3.05) is 25.2 Å². The molecule has 3 aromatic carbocycles. The third-order valence-electron chi connectivity index (χ3n) is 6.43. The molecule has 0 aromatic heterocycles. The van der Waals surface area contributed by atoms with Crippen molar-refractivity contribution in [3.63, 3.8) is 0 Å². The quantitative estimate of drug-likeness (QED) is 0.287. The van der Waals surface area contributed by atoms with Crippen LogP contribution in [0.5, 0.6) is 17.2 Å². The van der Waals surface area contributed by atoms with Crippen LogP contribution >= 0.6 is 0 Å². The number of benzene rings is 3. The van der Waals surface area contributed by atoms with E-state index in [0.717, 1.165) is 24.2 Å². The van der Waals surface area contributed by atoms with Crippen molar-refractivity contribution in [1.29, 1.82) is 0 Å². The Morgan fingerprint density at radius 1 is 1.03 bits per heavy atom. The van der Waals surface area contributed by atoms with Crippen LogP contribution in [0.1, 0.15) is 36.1 Å². The van der Waals surface area contributed by atoms with E-state index in [1.807, 2.05) is 37.3 Å². The average molecular weight is 486 g/mol. The number of hydrogen-bond acceptors (Lipinski definition) is 6. The number of fused-ring (bicyclic) bond motifs is 1. The molecule has 1 saturated heterocycles. The average Bonchev–Trinajstić information content (AvgIpc) is 3.49. The van der Waals surface area contributed by atoms with Gasteiger partial charge >= 0.3 is 0 Å². The number of ether oxygens (including phenoxy) is 3. The van der Waals surface area contributed by atoms with Gasteiger partial charge in [0, 0.05) is 17.7 Å². The van der Waals surface area contributed by atoms with Crippen LogP contribution in [0.25, 0.3) is 5.76 Å². The summed E-state index contributed by atoms with van der Waals surface area (Å²) >= 11 is 0. The van der Waals surface area contributed by atoms with E-state index >= 15 is 0 Å². The van der Waals surface area contributed by atoms with Crippen molar-refractivity contribution in [1.82, 2.24) is 0 Å². The first-order chi connectivity index (χ1) is 17.5. The molecule has 2 heterocycles. The molecule has 1 fully saturated rings. The SMILES string of the molecule is CCCOc1ccc(C2/C(=C(/O)c3ccc4c(c3)CCO4)C(=O)C(=O)N2c2ccc(OC)cc2)cc1. The zero-order chi connectivity index (χ0) is 25.2. The number of aliphatic hydroxyl groups excluding tert-OH is 1. The number of ketones is 1. The van der Waals surface area contributed by atoms with Crippen LogP contribution in [0.4, 0.5) is 5.69 Å². The van der Waals surface area contributed by atoms with Gasteiger partial charge in [-0.1, -0.05) is 19.1 Å². The number of carbonyl (C=O) groups excluding carboxylic acids is 2. The molecular formula is C29H27NO6. The van der Waals surface area contributed by atoms with Crippen molar-refractivity contribution in [3.8, 4) is 17.2 Å². The van der Waals surface area contributed by atoms with E-state index in [0.29, 0.717) is 41.5 Å². The normalized spacial score (nSPS) is 18.2. The summed E-state index contributed by atoms with van der Waals surface area (Å²) in [5.74, 6) is 0.434. The molecule has 36 heavy (non-hydrogen) atoms. The fourth-order valence-electron chi connectivity index (χ4n) is 4.61. The zero-order valence-electron chi connectivity index (χ0n) is 20.2. The molecule has 1 unspecified atom stereocenters. The predicted octanol–water partition coefficient (Wildman–Crippen LogP) is 5.05. The second-order valence-corrected chi connectivity index (χ2v) is 8.71. The van der Waals surface area contributed by atoms with E-state index in [2.05, 4.69) is 0 Å². The lowest BCUT2D eigenvalue weighted by molar-refractivity contribution is -0.132. The van der Waals surface area contributed by atoms with Gasteiger partial charge in [0.25, 0.3) is 11.7 Å². The maximum Gasteiger partial charge on any atom is 0.300 e. The first kappa shape index (κ1) is 23.5. The molecule has 7 nitrogen and oxygen atoms in total. The number of hydrogen-bond donors (Lipinski definition) is 1. The highest BCUT2D eigenvalue weighted by Crippen LogP contribution is 2.43. The molecule has 1 N–H and O–H groups in total. The molecule has 2 aliphatic rings. The van der Waals surface area contributed by atoms with E-state index < -0.39 is 17.7 Å². The lowest BCUT2D eigenvalue weighted by Gasteiger charge is -2.25. The maximum atomic E-state index is 13.4. The number of carbonyl (C=O) groups is 2. The number of rotatable bonds is 7. The summed E-state index contributed by atoms with van der Waals surface area (Å²) in [7, 11) is 1.56. The number of nitrogens with zero attached hydrogens (tertiary/aromatic N) is 1. The van der Waals surface area contributed by atoms with E-state index in [1.165, 1.54) is 4.90 Å². The second-order valence-electron chi connectivity index (χ2n) is 8.71. The fraction of sp³-hybridized carbons (Fsp3) is 0.241. The number of methoxy groups -OCH3 is 1. The Morgan fingerprint density at radius 2 is 1.75 bits per heavy atom. The highest BCUT2D eigenvalue weighted by molar-refractivity contribution is 6.51. The van der Waals surface area contributed by atoms with E-state index in [9.17, 15) is 14.7 Å². The molecule has 0 aliphatic carbocycles. The van der Waals surface area contributed by atoms with Gasteiger partial charge in [-0.15, -0.1) is 0 Å². The highest BCUT2D eigenvalue weighted by atomic mass is 16.5. The smallest absolute Gasteiger partial charge is 0.300 e. The van der Waals surface area contributed by atoms with Crippen molar-refractivity contribution in [2.45, 2.75) is 25.8 Å². The van der Waals surface area contributed by atoms with Crippen LogP contribution in [0.3, 0.4) is 0 Å². The van der Waals surface area contributed by atoms with Gasteiger partial charge in [0.1, 0.15) is 23.0 Å². The monoisotopic (exact) mass is 485 g/mol. The Labute approximate surface area is 209 Å². The highest BCUT2D eigenvalue weighted by Gasteiger charge is 2.47. The van der Waals surface area contributed by atoms with E-state index in [4.69, 9.17) is 14.2 Å². The number of aliphatic hydroxyl groups is 1. The van der Waals surface area contributed by atoms with Crippen molar-refractivity contribution < 1.29 is 28.9 Å². The standard InChI is InChI=1S/C29H27NO6/c1-3-15-35-23-9-4-18(5-10-23)26-25(27(31)20-6-13-24-19(17-20)14-16-36-24)28(32)29(33)30(26)21-7-11-22(34-2)12-8-21/h4-13,17,26,31H,3,14-16H2,1-2H3/b27-25-. The molecule has 0 bridgehead atoms. The second kappa shape index (κ2) is 9.77. The first-order valence-corrected chi connectivity index (χ1v) is 12.0. The zero-order valence-corrected chi connectivity index (χ0v) is 20.2. The Bertz CT molecular complexity index is 1330. The Kier molecular flexibility index (Phi) is 6.38. The molecule has 2 aliphatic heterocycles. The predicted molar refractivity (Wildman–Crippen MR) is 136 cm³/mol. The Balaban J connectivity index is 1.63. The minimum absolute atomic E-state index is 0.0388. The van der Waals surface area contributed by atoms with Crippen LogP contribution < -0.4 is 19.1 Å². The molecular weight excluding hydrogens is 458 g/mol. The molecule has 1 atom stereocenters. The van der Waals surface area contributed by atoms with E-state index in [1.54, 1.807) is 43.5 Å². The molecule has 3 aromatic rings. The molecule has 7 heteroatoms. The summed E-state index contributed by atoms with van der Waals surface area (Å²) in [6.45, 7) is 3.20. The summed E-state index contributed by atoms with van der Waals surface area (Å²) in [5.41, 5.74) is 2.67. The van der Waals surface area contributed by atoms with Gasteiger partial charge in [0.15, 0.2) is 0 Å². The van der Waals surface area contributed by atoms with Crippen LogP contribution in [-0.2, 0) is 16.0 Å². The van der Waals surface area contributed by atoms with Crippen LogP contribution in [0.15, 0.2) is 72.3 Å². The van der Waals surface area contributed by atoms with Crippen molar-refractivity contribution >= 4 is 23.1 Å². The fourth-order valence-corrected chi connectivity index (χ4v) is 4.61. The van der Waals surface area contributed by atoms with Gasteiger partial charge in [-0.25, -0.2) is 0 Å². The minimum Gasteiger partial charge on any atom is -0.507 e. The minimum atomic E-state index is -0.817. The van der Waals surface area contributed by atoms with Gasteiger partial charge in [-0.2, -0.15) is 0 Å². The maximum absolute atomic E-state index is 13.4. The molecule has 5 rings (SSSR count). The summed E-state index contributed by atoms with van der Waals surface area (Å²) in [5, 5.41) is 11.4. The van der Waals surface area contributed by atoms with Gasteiger partial charge < -0.3 is 19.3 Å². The molecule has 0 spiro atoms. The third-order valence-corrected chi connectivity index (χ3v) is 6.43. The summed E-state index contributed by atoms with van der Waals surface area (Å²) < 4.78 is 16.5. The van der Waals surface area contributed by atoms with Gasteiger partial charge in [0.05, 0.1) is 31.9 Å². The van der Waals surface area contributed by atoms with Crippen LogP contribution in [0.2, 0.25) is 0 Å². The van der Waals surface area contributed by atoms with Gasteiger partial charge in [-0.3, -0.25) is 14.5 Å². The van der Waals surface area contributed by atoms with Crippen molar-refractivity contribution in [3.05, 3.63) is 89.0 Å². The third kappa shape index (κ3) is 4.17. The number of amides is 1. The van der Waals surface area contributed by atoms with Crippen molar-refractivity contribution in [2.24, 2.45) is 0 Å². The molecule has 1 amide bonds. The largest absolute Gasteiger partial charge is 0.507 e. The summed E-state index contributed by atoms with van der Waals surface area (Å²) in [6, 6.07) is 18.7. The summed E-state index contributed by atoms with van der Waals surface area (Å²) in [6.07, 6.45) is 1.60. The lowest BCUT2D eigenvalue weighted by Crippen LogP contribution is -2.29.